The Hall–Kier alpha value is -1.15. The molecule has 4 rings (SSSR count). The number of sulfonamides is 1. The van der Waals surface area contributed by atoms with Crippen LogP contribution in [0, 0.1) is 0 Å². The van der Waals surface area contributed by atoms with E-state index in [1.165, 1.54) is 30.2 Å². The second kappa shape index (κ2) is 6.54. The molecule has 1 aromatic carbocycles. The normalized spacial score (nSPS) is 26.8. The fourth-order valence-corrected chi connectivity index (χ4v) is 5.76. The van der Waals surface area contributed by atoms with Gasteiger partial charge in [-0.25, -0.2) is 8.42 Å². The predicted molar refractivity (Wildman–Crippen MR) is 94.3 cm³/mol. The maximum atomic E-state index is 12.7. The molecule has 0 saturated carbocycles. The van der Waals surface area contributed by atoms with E-state index in [2.05, 4.69) is 4.90 Å². The number of rotatable bonds is 5. The quantitative estimate of drug-likeness (QED) is 0.794. The molecule has 0 bridgehead atoms. The minimum Gasteiger partial charge on any atom is -0.497 e. The molecule has 25 heavy (non-hydrogen) atoms. The van der Waals surface area contributed by atoms with E-state index in [1.54, 1.807) is 31.4 Å². The Bertz CT molecular complexity index is 707. The van der Waals surface area contributed by atoms with E-state index in [1.807, 2.05) is 0 Å². The van der Waals surface area contributed by atoms with Gasteiger partial charge in [-0.05, 0) is 63.0 Å². The summed E-state index contributed by atoms with van der Waals surface area (Å²) in [6.45, 7) is 4.28. The largest absolute Gasteiger partial charge is 0.497 e. The van der Waals surface area contributed by atoms with Crippen molar-refractivity contribution in [2.75, 3.05) is 39.8 Å². The van der Waals surface area contributed by atoms with E-state index in [0.29, 0.717) is 23.7 Å². The van der Waals surface area contributed by atoms with Crippen molar-refractivity contribution in [1.82, 2.24) is 9.21 Å². The molecule has 138 valence electrons. The summed E-state index contributed by atoms with van der Waals surface area (Å²) >= 11 is 0. The molecule has 3 aliphatic heterocycles. The van der Waals surface area contributed by atoms with Gasteiger partial charge in [0.25, 0.3) is 0 Å². The Labute approximate surface area is 149 Å². The summed E-state index contributed by atoms with van der Waals surface area (Å²) in [6, 6.07) is 6.57. The van der Waals surface area contributed by atoms with Crippen LogP contribution in [-0.4, -0.2) is 69.2 Å². The topological polar surface area (TPSA) is 59.1 Å². The van der Waals surface area contributed by atoms with Crippen LogP contribution in [0.5, 0.6) is 5.75 Å². The lowest BCUT2D eigenvalue weighted by Crippen LogP contribution is -2.63. The minimum absolute atomic E-state index is 0.254. The maximum absolute atomic E-state index is 12.7. The molecule has 3 heterocycles. The average molecular weight is 366 g/mol. The van der Waals surface area contributed by atoms with Crippen LogP contribution in [0.1, 0.15) is 25.7 Å². The second-order valence-electron chi connectivity index (χ2n) is 7.42. The summed E-state index contributed by atoms with van der Waals surface area (Å²) in [5.74, 6) is 0.655. The van der Waals surface area contributed by atoms with Gasteiger partial charge >= 0.3 is 0 Å². The first kappa shape index (κ1) is 17.3. The van der Waals surface area contributed by atoms with Crippen LogP contribution >= 0.6 is 0 Å². The Morgan fingerprint density at radius 3 is 2.52 bits per heavy atom. The SMILES string of the molecule is COc1ccc(S(=O)(=O)N2CC3(CCC(CN4CCCC4)O3)C2)cc1. The van der Waals surface area contributed by atoms with Crippen molar-refractivity contribution in [3.05, 3.63) is 24.3 Å². The fraction of sp³-hybridized carbons (Fsp3) is 0.667. The Morgan fingerprint density at radius 1 is 1.20 bits per heavy atom. The predicted octanol–water partition coefficient (Wildman–Crippen LogP) is 1.71. The van der Waals surface area contributed by atoms with Crippen molar-refractivity contribution in [3.63, 3.8) is 0 Å². The first-order valence-corrected chi connectivity index (χ1v) is 10.5. The molecule has 0 amide bonds. The van der Waals surface area contributed by atoms with Crippen LogP contribution in [0.3, 0.4) is 0 Å². The van der Waals surface area contributed by atoms with Crippen molar-refractivity contribution in [3.8, 4) is 5.75 Å². The van der Waals surface area contributed by atoms with Crippen molar-refractivity contribution >= 4 is 10.0 Å². The molecule has 1 atom stereocenters. The number of hydrogen-bond donors (Lipinski definition) is 0. The molecular weight excluding hydrogens is 340 g/mol. The van der Waals surface area contributed by atoms with Gasteiger partial charge in [-0.2, -0.15) is 4.31 Å². The molecule has 0 radical (unpaired) electrons. The van der Waals surface area contributed by atoms with Gasteiger partial charge in [-0.1, -0.05) is 0 Å². The van der Waals surface area contributed by atoms with Gasteiger partial charge in [0.1, 0.15) is 5.75 Å². The van der Waals surface area contributed by atoms with Crippen LogP contribution in [0.2, 0.25) is 0 Å². The van der Waals surface area contributed by atoms with E-state index in [-0.39, 0.29) is 11.7 Å². The van der Waals surface area contributed by atoms with Crippen molar-refractivity contribution in [1.29, 1.82) is 0 Å². The van der Waals surface area contributed by atoms with Crippen molar-refractivity contribution in [2.24, 2.45) is 0 Å². The summed E-state index contributed by atoms with van der Waals surface area (Å²) in [7, 11) is -1.88. The zero-order chi connectivity index (χ0) is 17.5. The van der Waals surface area contributed by atoms with Gasteiger partial charge in [0.15, 0.2) is 0 Å². The van der Waals surface area contributed by atoms with Gasteiger partial charge in [0.05, 0.1) is 23.7 Å². The monoisotopic (exact) mass is 366 g/mol. The molecule has 0 aromatic heterocycles. The number of benzene rings is 1. The minimum atomic E-state index is -3.44. The molecular formula is C18H26N2O4S. The third-order valence-electron chi connectivity index (χ3n) is 5.63. The summed E-state index contributed by atoms with van der Waals surface area (Å²) in [5, 5.41) is 0. The number of nitrogens with zero attached hydrogens (tertiary/aromatic N) is 2. The summed E-state index contributed by atoms with van der Waals surface area (Å²) < 4.78 is 38.4. The molecule has 3 saturated heterocycles. The van der Waals surface area contributed by atoms with E-state index in [0.717, 1.165) is 19.4 Å². The van der Waals surface area contributed by atoms with Crippen LogP contribution in [0.15, 0.2) is 29.2 Å². The maximum Gasteiger partial charge on any atom is 0.243 e. The van der Waals surface area contributed by atoms with Gasteiger partial charge in [-0.15, -0.1) is 0 Å². The van der Waals surface area contributed by atoms with Crippen LogP contribution in [0.25, 0.3) is 0 Å². The third kappa shape index (κ3) is 3.30. The van der Waals surface area contributed by atoms with Gasteiger partial charge in [0, 0.05) is 19.6 Å². The van der Waals surface area contributed by atoms with Crippen molar-refractivity contribution in [2.45, 2.75) is 42.3 Å². The lowest BCUT2D eigenvalue weighted by molar-refractivity contribution is -0.111. The van der Waals surface area contributed by atoms with Gasteiger partial charge in [-0.3, -0.25) is 0 Å². The molecule has 1 spiro atoms. The number of hydrogen-bond acceptors (Lipinski definition) is 5. The molecule has 1 unspecified atom stereocenters. The molecule has 3 aliphatic rings. The number of methoxy groups -OCH3 is 1. The molecule has 0 aliphatic carbocycles. The first-order chi connectivity index (χ1) is 12.0. The van der Waals surface area contributed by atoms with Crippen LogP contribution in [-0.2, 0) is 14.8 Å². The van der Waals surface area contributed by atoms with E-state index < -0.39 is 10.0 Å². The van der Waals surface area contributed by atoms with Crippen LogP contribution < -0.4 is 4.74 Å². The van der Waals surface area contributed by atoms with E-state index in [9.17, 15) is 8.42 Å². The molecule has 3 fully saturated rings. The fourth-order valence-electron chi connectivity index (χ4n) is 4.17. The summed E-state index contributed by atoms with van der Waals surface area (Å²) in [6.07, 6.45) is 4.81. The Kier molecular flexibility index (Phi) is 4.52. The van der Waals surface area contributed by atoms with E-state index in [4.69, 9.17) is 9.47 Å². The highest BCUT2D eigenvalue weighted by Gasteiger charge is 2.53. The van der Waals surface area contributed by atoms with Gasteiger partial charge in [0.2, 0.25) is 10.0 Å². The highest BCUT2D eigenvalue weighted by Crippen LogP contribution is 2.41. The molecule has 6 nitrogen and oxygen atoms in total. The third-order valence-corrected chi connectivity index (χ3v) is 7.43. The highest BCUT2D eigenvalue weighted by molar-refractivity contribution is 7.89. The standard InChI is InChI=1S/C18H26N2O4S/c1-23-15-4-6-17(7-5-15)25(21,22)20-13-18(14-20)9-8-16(24-18)12-19-10-2-3-11-19/h4-7,16H,2-3,8-14H2,1H3. The Morgan fingerprint density at radius 2 is 1.88 bits per heavy atom. The molecule has 7 heteroatoms. The Balaban J connectivity index is 1.36. The zero-order valence-electron chi connectivity index (χ0n) is 14.7. The number of ether oxygens (including phenoxy) is 2. The lowest BCUT2D eigenvalue weighted by Gasteiger charge is -2.46. The average Bonchev–Trinajstić information content (AvgIpc) is 3.24. The van der Waals surface area contributed by atoms with Gasteiger partial charge < -0.3 is 14.4 Å². The summed E-state index contributed by atoms with van der Waals surface area (Å²) in [5.41, 5.74) is -0.260. The molecule has 0 N–H and O–H groups in total. The second-order valence-corrected chi connectivity index (χ2v) is 9.36. The summed E-state index contributed by atoms with van der Waals surface area (Å²) in [4.78, 5) is 2.78. The first-order valence-electron chi connectivity index (χ1n) is 9.05. The number of likely N-dealkylation sites (tertiary alicyclic amines) is 1. The lowest BCUT2D eigenvalue weighted by atomic mass is 9.93. The zero-order valence-corrected chi connectivity index (χ0v) is 15.5. The van der Waals surface area contributed by atoms with E-state index >= 15 is 0 Å². The van der Waals surface area contributed by atoms with Crippen molar-refractivity contribution < 1.29 is 17.9 Å². The highest BCUT2D eigenvalue weighted by atomic mass is 32.2. The van der Waals surface area contributed by atoms with Crippen LogP contribution in [0.4, 0.5) is 0 Å². The smallest absolute Gasteiger partial charge is 0.243 e. The molecule has 1 aromatic rings.